The number of rotatable bonds is 13. The smallest absolute Gasteiger partial charge is 0.497 e. The lowest BCUT2D eigenvalue weighted by molar-refractivity contribution is -0.266. The molecule has 13 heteroatoms. The number of methoxy groups -OCH3 is 3. The Balaban J connectivity index is 1.19. The van der Waals surface area contributed by atoms with Crippen molar-refractivity contribution in [2.75, 3.05) is 28.1 Å². The van der Waals surface area contributed by atoms with E-state index in [1.165, 1.54) is 7.11 Å². The highest BCUT2D eigenvalue weighted by Crippen LogP contribution is 2.60. The molecule has 0 amide bonds. The highest BCUT2D eigenvalue weighted by Gasteiger charge is 2.56. The van der Waals surface area contributed by atoms with Crippen LogP contribution in [0, 0.1) is 0 Å². The van der Waals surface area contributed by atoms with E-state index in [1.54, 1.807) is 50.6 Å². The molecular weight excluding hydrogens is 751 g/mol. The number of fused-ring (bicyclic) bond motifs is 7. The van der Waals surface area contributed by atoms with Gasteiger partial charge >= 0.3 is 7.82 Å². The number of hydrogen-bond donors (Lipinski definition) is 2. The third-order valence-electron chi connectivity index (χ3n) is 10.3. The maximum Gasteiger partial charge on any atom is 0.588 e. The summed E-state index contributed by atoms with van der Waals surface area (Å²) in [5.41, 5.74) is 2.86. The van der Waals surface area contributed by atoms with Crippen molar-refractivity contribution in [3.05, 3.63) is 132 Å². The largest absolute Gasteiger partial charge is 0.588 e. The molecule has 2 aliphatic rings. The summed E-state index contributed by atoms with van der Waals surface area (Å²) in [6.45, 7) is -0.278. The molecule has 0 spiro atoms. The quantitative estimate of drug-likeness (QED) is 0.0870. The van der Waals surface area contributed by atoms with Crippen LogP contribution in [-0.2, 0) is 41.3 Å². The lowest BCUT2D eigenvalue weighted by atomic mass is 9.84. The standard InChI is InChI=1S/C44H43O12P/c1-48-26-53-43-40(46)41(51-24-27-12-18-31(49-2)19-13-27)39(45)42(52-25-28-14-20-32(50-3)21-15-28)44(43)56-57(47)54-35-22-16-29-8-4-6-10-33(29)37(35)38-34-11-7-5-9-30(34)17-23-36(38)55-57/h4-23,39-46H,24-26H2,1-3H3/t39-,40+,41-,42+,43+,44-/m0/s1. The molecule has 1 heterocycles. The van der Waals surface area contributed by atoms with E-state index in [-0.39, 0.29) is 31.5 Å². The maximum atomic E-state index is 15.3. The molecule has 0 bridgehead atoms. The Bertz CT molecular complexity index is 2280. The molecule has 6 aromatic rings. The predicted octanol–water partition coefficient (Wildman–Crippen LogP) is 7.84. The molecule has 8 rings (SSSR count). The number of phosphoric ester groups is 1. The van der Waals surface area contributed by atoms with Crippen LogP contribution in [0.4, 0.5) is 0 Å². The van der Waals surface area contributed by atoms with Crippen LogP contribution in [0.15, 0.2) is 121 Å². The van der Waals surface area contributed by atoms with E-state index < -0.39 is 44.4 Å². The molecule has 1 fully saturated rings. The molecule has 2 N–H and O–H groups in total. The minimum absolute atomic E-state index is 0.0144. The first-order valence-electron chi connectivity index (χ1n) is 18.5. The third-order valence-corrected chi connectivity index (χ3v) is 11.6. The molecule has 6 aromatic carbocycles. The van der Waals surface area contributed by atoms with E-state index in [4.69, 9.17) is 42.0 Å². The van der Waals surface area contributed by atoms with Crippen LogP contribution in [0.1, 0.15) is 11.1 Å². The Morgan fingerprint density at radius 3 is 1.47 bits per heavy atom. The van der Waals surface area contributed by atoms with Crippen molar-refractivity contribution in [3.8, 4) is 34.1 Å². The van der Waals surface area contributed by atoms with Gasteiger partial charge in [0, 0.05) is 18.2 Å². The van der Waals surface area contributed by atoms with Crippen molar-refractivity contribution < 1.29 is 56.8 Å². The summed E-state index contributed by atoms with van der Waals surface area (Å²) in [7, 11) is -0.118. The Labute approximate surface area is 329 Å². The Morgan fingerprint density at radius 1 is 0.544 bits per heavy atom. The van der Waals surface area contributed by atoms with Crippen molar-refractivity contribution in [2.24, 2.45) is 0 Å². The lowest BCUT2D eigenvalue weighted by Gasteiger charge is -2.46. The molecule has 0 unspecified atom stereocenters. The summed E-state index contributed by atoms with van der Waals surface area (Å²) in [5.74, 6) is 1.84. The Morgan fingerprint density at radius 2 is 1.00 bits per heavy atom. The van der Waals surface area contributed by atoms with Crippen LogP contribution < -0.4 is 18.5 Å². The lowest BCUT2D eigenvalue weighted by Crippen LogP contribution is -2.66. The molecule has 0 aromatic heterocycles. The van der Waals surface area contributed by atoms with Gasteiger partial charge in [-0.3, -0.25) is 4.52 Å². The van der Waals surface area contributed by atoms with Gasteiger partial charge in [0.05, 0.1) is 27.4 Å². The average Bonchev–Trinajstić information content (AvgIpc) is 3.37. The molecule has 12 nitrogen and oxygen atoms in total. The summed E-state index contributed by atoms with van der Waals surface area (Å²) in [5, 5.41) is 27.6. The van der Waals surface area contributed by atoms with Crippen molar-refractivity contribution in [3.63, 3.8) is 0 Å². The van der Waals surface area contributed by atoms with Gasteiger partial charge in [0.2, 0.25) is 0 Å². The van der Waals surface area contributed by atoms with E-state index in [9.17, 15) is 10.2 Å². The topological polar surface area (TPSA) is 141 Å². The predicted molar refractivity (Wildman–Crippen MR) is 213 cm³/mol. The van der Waals surface area contributed by atoms with Gasteiger partial charge in [0.15, 0.2) is 0 Å². The Kier molecular flexibility index (Phi) is 11.5. The van der Waals surface area contributed by atoms with Gasteiger partial charge in [-0.2, -0.15) is 0 Å². The second-order valence-electron chi connectivity index (χ2n) is 13.8. The van der Waals surface area contributed by atoms with Crippen molar-refractivity contribution in [1.29, 1.82) is 0 Å². The molecule has 0 saturated heterocycles. The van der Waals surface area contributed by atoms with Crippen LogP contribution in [0.5, 0.6) is 23.0 Å². The number of aliphatic hydroxyl groups excluding tert-OH is 2. The average molecular weight is 795 g/mol. The fourth-order valence-electron chi connectivity index (χ4n) is 7.45. The van der Waals surface area contributed by atoms with Crippen LogP contribution in [0.3, 0.4) is 0 Å². The van der Waals surface area contributed by atoms with E-state index in [2.05, 4.69) is 0 Å². The summed E-state index contributed by atoms with van der Waals surface area (Å²) in [6, 6.07) is 37.3. The van der Waals surface area contributed by atoms with Crippen LogP contribution in [-0.4, -0.2) is 75.0 Å². The maximum absolute atomic E-state index is 15.3. The molecular formula is C44H43O12P. The van der Waals surface area contributed by atoms with Gasteiger partial charge in [0.1, 0.15) is 66.4 Å². The molecule has 1 aliphatic heterocycles. The normalized spacial score (nSPS) is 22.5. The van der Waals surface area contributed by atoms with Crippen LogP contribution >= 0.6 is 7.82 Å². The first-order chi connectivity index (χ1) is 27.8. The number of benzene rings is 6. The van der Waals surface area contributed by atoms with Gasteiger partial charge in [-0.25, -0.2) is 4.57 Å². The molecule has 1 saturated carbocycles. The van der Waals surface area contributed by atoms with Crippen molar-refractivity contribution in [2.45, 2.75) is 49.8 Å². The summed E-state index contributed by atoms with van der Waals surface area (Å²) in [6.07, 6.45) is -8.35. The zero-order valence-electron chi connectivity index (χ0n) is 31.6. The zero-order valence-corrected chi connectivity index (χ0v) is 32.5. The highest BCUT2D eigenvalue weighted by molar-refractivity contribution is 7.49. The second-order valence-corrected chi connectivity index (χ2v) is 15.3. The van der Waals surface area contributed by atoms with Gasteiger partial charge in [0.25, 0.3) is 0 Å². The van der Waals surface area contributed by atoms with Crippen LogP contribution in [0.25, 0.3) is 32.7 Å². The first-order valence-corrected chi connectivity index (χ1v) is 19.9. The molecule has 0 radical (unpaired) electrons. The van der Waals surface area contributed by atoms with Gasteiger partial charge in [-0.1, -0.05) is 84.9 Å². The SMILES string of the molecule is COCO[C@@H]1[C@H](O)[C@@H](OCc2ccc(OC)cc2)[C@H](O)[C@@H](OCc2ccc(OC)cc2)[C@@H]1OP1(=O)Oc2ccc3ccccc3c2-c2c(ccc3ccccc23)O1. The van der Waals surface area contributed by atoms with E-state index >= 15 is 4.57 Å². The Hall–Kier alpha value is -5.01. The van der Waals surface area contributed by atoms with Crippen molar-refractivity contribution in [1.82, 2.24) is 0 Å². The van der Waals surface area contributed by atoms with E-state index in [0.717, 1.165) is 32.7 Å². The highest BCUT2D eigenvalue weighted by atomic mass is 31.2. The second kappa shape index (κ2) is 16.8. The molecule has 57 heavy (non-hydrogen) atoms. The molecule has 1 aliphatic carbocycles. The number of phosphoric acid groups is 1. The van der Waals surface area contributed by atoms with Gasteiger partial charge in [-0.05, 0) is 69.1 Å². The zero-order chi connectivity index (χ0) is 39.5. The van der Waals surface area contributed by atoms with E-state index in [0.29, 0.717) is 22.6 Å². The van der Waals surface area contributed by atoms with E-state index in [1.807, 2.05) is 84.9 Å². The monoisotopic (exact) mass is 794 g/mol. The number of hydrogen-bond acceptors (Lipinski definition) is 12. The fraction of sp³-hybridized carbons (Fsp3) is 0.273. The molecule has 296 valence electrons. The third kappa shape index (κ3) is 7.96. The minimum Gasteiger partial charge on any atom is -0.497 e. The first kappa shape index (κ1) is 38.8. The minimum atomic E-state index is -4.70. The molecule has 6 atom stereocenters. The van der Waals surface area contributed by atoms with Gasteiger partial charge in [-0.15, -0.1) is 0 Å². The summed E-state index contributed by atoms with van der Waals surface area (Å²) in [4.78, 5) is 0. The number of ether oxygens (including phenoxy) is 6. The summed E-state index contributed by atoms with van der Waals surface area (Å²) >= 11 is 0. The van der Waals surface area contributed by atoms with Gasteiger partial charge < -0.3 is 47.7 Å². The van der Waals surface area contributed by atoms with Crippen LogP contribution in [0.2, 0.25) is 0 Å². The number of aliphatic hydroxyl groups is 2. The fourth-order valence-corrected chi connectivity index (χ4v) is 8.90. The van der Waals surface area contributed by atoms with Crippen molar-refractivity contribution >= 4 is 29.4 Å². The summed E-state index contributed by atoms with van der Waals surface area (Å²) < 4.78 is 69.0.